The van der Waals surface area contributed by atoms with Crippen LogP contribution in [0.5, 0.6) is 5.75 Å². The monoisotopic (exact) mass is 263 g/mol. The summed E-state index contributed by atoms with van der Waals surface area (Å²) in [7, 11) is 1.59. The average molecular weight is 263 g/mol. The fourth-order valence-corrected chi connectivity index (χ4v) is 2.31. The second-order valence-electron chi connectivity index (χ2n) is 5.01. The molecule has 0 radical (unpaired) electrons. The lowest BCUT2D eigenvalue weighted by Gasteiger charge is -2.52. The van der Waals surface area contributed by atoms with Crippen molar-refractivity contribution in [3.63, 3.8) is 0 Å². The summed E-state index contributed by atoms with van der Waals surface area (Å²) in [6.07, 6.45) is -0.716. The molecular formula is C14H17NO4. The third-order valence-corrected chi connectivity index (χ3v) is 3.28. The Bertz CT molecular complexity index is 507. The molecule has 5 nitrogen and oxygen atoms in total. The Morgan fingerprint density at radius 3 is 2.26 bits per heavy atom. The van der Waals surface area contributed by atoms with E-state index in [9.17, 15) is 9.59 Å². The molecule has 1 fully saturated rings. The van der Waals surface area contributed by atoms with Gasteiger partial charge in [0.15, 0.2) is 0 Å². The van der Waals surface area contributed by atoms with Crippen LogP contribution in [-0.2, 0) is 14.3 Å². The molecule has 0 saturated carbocycles. The van der Waals surface area contributed by atoms with Gasteiger partial charge in [0.05, 0.1) is 12.6 Å². The van der Waals surface area contributed by atoms with Crippen LogP contribution in [-0.4, -0.2) is 30.6 Å². The van der Waals surface area contributed by atoms with Crippen molar-refractivity contribution < 1.29 is 19.1 Å². The molecule has 0 spiro atoms. The number of rotatable bonds is 3. The molecular weight excluding hydrogens is 246 g/mol. The molecule has 1 atom stereocenters. The van der Waals surface area contributed by atoms with Crippen LogP contribution in [0.4, 0.5) is 5.69 Å². The molecule has 0 bridgehead atoms. The summed E-state index contributed by atoms with van der Waals surface area (Å²) in [5, 5.41) is 0. The van der Waals surface area contributed by atoms with E-state index in [-0.39, 0.29) is 5.91 Å². The number of carbonyl (C=O) groups is 2. The molecule has 1 aliphatic heterocycles. The quantitative estimate of drug-likeness (QED) is 0.616. The lowest BCUT2D eigenvalue weighted by Crippen LogP contribution is -2.73. The van der Waals surface area contributed by atoms with Gasteiger partial charge in [-0.1, -0.05) is 0 Å². The number of nitrogens with zero attached hydrogens (tertiary/aromatic N) is 1. The summed E-state index contributed by atoms with van der Waals surface area (Å²) in [6.45, 7) is 5.04. The number of carbonyl (C=O) groups excluding carboxylic acids is 2. The molecule has 102 valence electrons. The maximum atomic E-state index is 12.1. The smallest absolute Gasteiger partial charge is 0.303 e. The Kier molecular flexibility index (Phi) is 3.22. The van der Waals surface area contributed by atoms with Crippen LogP contribution in [0.2, 0.25) is 0 Å². The molecule has 2 rings (SSSR count). The van der Waals surface area contributed by atoms with E-state index in [4.69, 9.17) is 9.47 Å². The number of amides is 1. The first kappa shape index (κ1) is 13.4. The third kappa shape index (κ3) is 2.16. The number of hydrogen-bond donors (Lipinski definition) is 0. The fourth-order valence-electron chi connectivity index (χ4n) is 2.31. The summed E-state index contributed by atoms with van der Waals surface area (Å²) in [5.74, 6) is 0.0808. The van der Waals surface area contributed by atoms with Crippen LogP contribution in [0.1, 0.15) is 20.8 Å². The van der Waals surface area contributed by atoms with Crippen LogP contribution in [0.25, 0.3) is 0 Å². The zero-order valence-corrected chi connectivity index (χ0v) is 11.5. The molecule has 0 aliphatic carbocycles. The van der Waals surface area contributed by atoms with Crippen molar-refractivity contribution in [2.75, 3.05) is 12.0 Å². The van der Waals surface area contributed by atoms with Gasteiger partial charge in [-0.15, -0.1) is 0 Å². The SMILES string of the molecule is COc1ccc(N2C(=O)C(OC(C)=O)C2(C)C)cc1. The van der Waals surface area contributed by atoms with Crippen LogP contribution in [0, 0.1) is 0 Å². The Hall–Kier alpha value is -2.04. The summed E-state index contributed by atoms with van der Waals surface area (Å²) < 4.78 is 10.1. The molecule has 0 N–H and O–H groups in total. The largest absolute Gasteiger partial charge is 0.497 e. The predicted octanol–water partition coefficient (Wildman–Crippen LogP) is 1.75. The van der Waals surface area contributed by atoms with Gasteiger partial charge >= 0.3 is 5.97 Å². The number of anilines is 1. The first-order valence-corrected chi connectivity index (χ1v) is 6.03. The number of methoxy groups -OCH3 is 1. The Morgan fingerprint density at radius 1 is 1.26 bits per heavy atom. The highest BCUT2D eigenvalue weighted by Gasteiger charge is 2.57. The summed E-state index contributed by atoms with van der Waals surface area (Å²) in [5.41, 5.74) is 0.219. The van der Waals surface area contributed by atoms with Gasteiger partial charge in [0.25, 0.3) is 5.91 Å². The van der Waals surface area contributed by atoms with Gasteiger partial charge in [-0.25, -0.2) is 0 Å². The van der Waals surface area contributed by atoms with Crippen molar-refractivity contribution in [1.82, 2.24) is 0 Å². The Morgan fingerprint density at radius 2 is 1.84 bits per heavy atom. The van der Waals surface area contributed by atoms with Gasteiger partial charge in [-0.2, -0.15) is 0 Å². The number of benzene rings is 1. The van der Waals surface area contributed by atoms with Crippen molar-refractivity contribution in [3.8, 4) is 5.75 Å². The zero-order valence-electron chi connectivity index (χ0n) is 11.5. The number of esters is 1. The van der Waals surface area contributed by atoms with Gasteiger partial charge < -0.3 is 9.47 Å². The van der Waals surface area contributed by atoms with E-state index in [1.807, 2.05) is 26.0 Å². The predicted molar refractivity (Wildman–Crippen MR) is 70.1 cm³/mol. The minimum absolute atomic E-state index is 0.203. The number of hydrogen-bond acceptors (Lipinski definition) is 4. The van der Waals surface area contributed by atoms with Gasteiger partial charge in [0, 0.05) is 12.6 Å². The zero-order chi connectivity index (χ0) is 14.2. The summed E-state index contributed by atoms with van der Waals surface area (Å²) >= 11 is 0. The fraction of sp³-hybridized carbons (Fsp3) is 0.429. The molecule has 5 heteroatoms. The van der Waals surface area contributed by atoms with Crippen LogP contribution < -0.4 is 9.64 Å². The van der Waals surface area contributed by atoms with Gasteiger partial charge in [0.2, 0.25) is 6.10 Å². The molecule has 1 aromatic carbocycles. The van der Waals surface area contributed by atoms with E-state index in [0.29, 0.717) is 0 Å². The van der Waals surface area contributed by atoms with Crippen LogP contribution >= 0.6 is 0 Å². The third-order valence-electron chi connectivity index (χ3n) is 3.28. The number of ether oxygens (including phenoxy) is 2. The van der Waals surface area contributed by atoms with Crippen LogP contribution in [0.3, 0.4) is 0 Å². The maximum Gasteiger partial charge on any atom is 0.303 e. The lowest BCUT2D eigenvalue weighted by atomic mass is 9.83. The van der Waals surface area contributed by atoms with Crippen molar-refractivity contribution in [2.24, 2.45) is 0 Å². The topological polar surface area (TPSA) is 55.8 Å². The molecule has 1 amide bonds. The molecule has 1 saturated heterocycles. The molecule has 19 heavy (non-hydrogen) atoms. The molecule has 0 aromatic heterocycles. The minimum Gasteiger partial charge on any atom is -0.497 e. The average Bonchev–Trinajstić information content (AvgIpc) is 2.36. The second kappa shape index (κ2) is 4.57. The Balaban J connectivity index is 2.22. The minimum atomic E-state index is -0.716. The van der Waals surface area contributed by atoms with E-state index in [2.05, 4.69) is 0 Å². The summed E-state index contributed by atoms with van der Waals surface area (Å²) in [6, 6.07) is 7.20. The van der Waals surface area contributed by atoms with Gasteiger partial charge in [0.1, 0.15) is 5.75 Å². The van der Waals surface area contributed by atoms with E-state index in [1.54, 1.807) is 24.1 Å². The van der Waals surface area contributed by atoms with E-state index >= 15 is 0 Å². The highest BCUT2D eigenvalue weighted by Crippen LogP contribution is 2.39. The van der Waals surface area contributed by atoms with E-state index in [1.165, 1.54) is 6.92 Å². The van der Waals surface area contributed by atoms with Gasteiger partial charge in [-0.05, 0) is 38.1 Å². The maximum absolute atomic E-state index is 12.1. The van der Waals surface area contributed by atoms with Crippen molar-refractivity contribution >= 4 is 17.6 Å². The van der Waals surface area contributed by atoms with E-state index in [0.717, 1.165) is 11.4 Å². The molecule has 1 unspecified atom stereocenters. The van der Waals surface area contributed by atoms with Crippen molar-refractivity contribution in [1.29, 1.82) is 0 Å². The first-order chi connectivity index (χ1) is 8.87. The van der Waals surface area contributed by atoms with Crippen LogP contribution in [0.15, 0.2) is 24.3 Å². The normalized spacial score (nSPS) is 20.7. The first-order valence-electron chi connectivity index (χ1n) is 6.03. The highest BCUT2D eigenvalue weighted by molar-refractivity contribution is 6.07. The van der Waals surface area contributed by atoms with Gasteiger partial charge in [-0.3, -0.25) is 14.5 Å². The van der Waals surface area contributed by atoms with Crippen molar-refractivity contribution in [3.05, 3.63) is 24.3 Å². The molecule has 1 aliphatic rings. The summed E-state index contributed by atoms with van der Waals surface area (Å²) in [4.78, 5) is 24.7. The molecule has 1 heterocycles. The highest BCUT2D eigenvalue weighted by atomic mass is 16.6. The second-order valence-corrected chi connectivity index (χ2v) is 5.01. The van der Waals surface area contributed by atoms with Crippen molar-refractivity contribution in [2.45, 2.75) is 32.4 Å². The van der Waals surface area contributed by atoms with E-state index < -0.39 is 17.6 Å². The standard InChI is InChI=1S/C14H17NO4/c1-9(16)19-12-13(17)15(14(12,2)3)10-5-7-11(18-4)8-6-10/h5-8,12H,1-4H3. The lowest BCUT2D eigenvalue weighted by molar-refractivity contribution is -0.165. The molecule has 1 aromatic rings. The number of β-lactam (4-membered cyclic amide) rings is 1. The Labute approximate surface area is 112 Å².